The molecule has 0 fully saturated rings. The number of thiazole rings is 1. The van der Waals surface area contributed by atoms with Crippen LogP contribution in [0.1, 0.15) is 58.9 Å². The van der Waals surface area contributed by atoms with Crippen LogP contribution in [0.5, 0.6) is 5.88 Å². The number of fused-ring (bicyclic) bond motifs is 6. The first-order chi connectivity index (χ1) is 21.3. The van der Waals surface area contributed by atoms with Crippen LogP contribution in [-0.2, 0) is 6.42 Å². The molecule has 1 aromatic carbocycles. The van der Waals surface area contributed by atoms with E-state index in [-0.39, 0.29) is 5.88 Å². The molecular weight excluding hydrogens is 622 g/mol. The fourth-order valence-corrected chi connectivity index (χ4v) is 6.52. The number of anilines is 2. The Hall–Kier alpha value is -3.29. The Morgan fingerprint density at radius 2 is 1.73 bits per heavy atom. The number of β-amino-alcohol motifs (C(OH)–C–C–N with tert-alkyl or cyclic N) is 1. The van der Waals surface area contributed by atoms with Gasteiger partial charge in [-0.2, -0.15) is 13.2 Å². The van der Waals surface area contributed by atoms with E-state index in [0.29, 0.717) is 11.7 Å². The van der Waals surface area contributed by atoms with E-state index in [2.05, 4.69) is 20.8 Å². The number of nitrogens with one attached hydrogen (secondary N) is 1. The maximum Gasteiger partial charge on any atom is 0.397 e. The third-order valence-corrected chi connectivity index (χ3v) is 9.30. The van der Waals surface area contributed by atoms with Crippen LogP contribution >= 0.6 is 23.3 Å². The molecule has 13 heteroatoms. The summed E-state index contributed by atoms with van der Waals surface area (Å²) in [6.45, 7) is 6.56. The van der Waals surface area contributed by atoms with E-state index in [9.17, 15) is 18.3 Å². The van der Waals surface area contributed by atoms with Crippen LogP contribution in [0.25, 0.3) is 16.3 Å². The molecule has 4 aromatic rings. The minimum absolute atomic E-state index is 0.106. The van der Waals surface area contributed by atoms with Crippen LogP contribution in [0.15, 0.2) is 59.8 Å². The van der Waals surface area contributed by atoms with Crippen LogP contribution in [0.2, 0.25) is 0 Å². The number of aryl methyl sites for hydroxylation is 1. The van der Waals surface area contributed by atoms with Crippen LogP contribution in [-0.4, -0.2) is 56.3 Å². The number of alkyl halides is 3. The Morgan fingerprint density at radius 3 is 2.51 bits per heavy atom. The van der Waals surface area contributed by atoms with E-state index in [1.807, 2.05) is 50.2 Å². The lowest BCUT2D eigenvalue weighted by atomic mass is 9.94. The molecule has 45 heavy (non-hydrogen) atoms. The zero-order valence-corrected chi connectivity index (χ0v) is 27.5. The van der Waals surface area contributed by atoms with E-state index in [0.717, 1.165) is 79.6 Å². The summed E-state index contributed by atoms with van der Waals surface area (Å²) in [4.78, 5) is 12.0. The Morgan fingerprint density at radius 1 is 0.956 bits per heavy atom. The van der Waals surface area contributed by atoms with E-state index in [4.69, 9.17) is 14.7 Å². The second-order valence-electron chi connectivity index (χ2n) is 12.5. The monoisotopic (exact) mass is 660 g/mol. The van der Waals surface area contributed by atoms with Gasteiger partial charge in [0.15, 0.2) is 5.13 Å². The summed E-state index contributed by atoms with van der Waals surface area (Å²) in [6, 6.07) is 15.6. The van der Waals surface area contributed by atoms with Crippen molar-refractivity contribution in [1.82, 2.24) is 19.7 Å². The number of ether oxygens (including phenoxy) is 1. The van der Waals surface area contributed by atoms with Crippen LogP contribution in [0.4, 0.5) is 24.1 Å². The van der Waals surface area contributed by atoms with Gasteiger partial charge in [-0.3, -0.25) is 0 Å². The Bertz CT molecular complexity index is 1580. The van der Waals surface area contributed by atoms with Gasteiger partial charge in [0.2, 0.25) is 5.88 Å². The van der Waals surface area contributed by atoms with Crippen molar-refractivity contribution in [2.24, 2.45) is 5.41 Å². The molecule has 0 radical (unpaired) electrons. The minimum Gasteiger partial charge on any atom is -0.476 e. The summed E-state index contributed by atoms with van der Waals surface area (Å²) in [6.07, 6.45) is 2.25. The SMILES string of the molecule is CC(C)(O)CN1CCCCCCc2ccccc2-c2nc(sc2-n2ccc(OCC(C)(C)C(F)(F)F)n2)NSc2cccc1n2. The molecule has 0 unspecified atom stereocenters. The molecule has 4 heterocycles. The zero-order chi connectivity index (χ0) is 32.2. The second kappa shape index (κ2) is 13.6. The maximum absolute atomic E-state index is 13.4. The van der Waals surface area contributed by atoms with Gasteiger partial charge in [-0.1, -0.05) is 54.5 Å². The summed E-state index contributed by atoms with van der Waals surface area (Å²) in [5, 5.41) is 17.2. The fraction of sp³-hybridized carbons (Fsp3) is 0.469. The van der Waals surface area contributed by atoms with Crippen molar-refractivity contribution in [1.29, 1.82) is 0 Å². The quantitative estimate of drug-likeness (QED) is 0.200. The molecule has 0 spiro atoms. The van der Waals surface area contributed by atoms with Gasteiger partial charge in [-0.15, -0.1) is 5.10 Å². The van der Waals surface area contributed by atoms with Gasteiger partial charge < -0.3 is 19.5 Å². The van der Waals surface area contributed by atoms with E-state index >= 15 is 0 Å². The van der Waals surface area contributed by atoms with Crippen molar-refractivity contribution in [3.63, 3.8) is 0 Å². The average Bonchev–Trinajstić information content (AvgIpc) is 3.62. The highest BCUT2D eigenvalue weighted by Crippen LogP contribution is 2.40. The number of rotatable bonds is 6. The van der Waals surface area contributed by atoms with Gasteiger partial charge in [0.25, 0.3) is 0 Å². The molecule has 1 aliphatic rings. The van der Waals surface area contributed by atoms with Crippen molar-refractivity contribution < 1.29 is 23.0 Å². The van der Waals surface area contributed by atoms with Crippen molar-refractivity contribution in [2.75, 3.05) is 29.3 Å². The Labute approximate surface area is 270 Å². The van der Waals surface area contributed by atoms with Gasteiger partial charge in [0.05, 0.1) is 11.0 Å². The minimum atomic E-state index is -4.40. The number of halogens is 3. The van der Waals surface area contributed by atoms with Gasteiger partial charge >= 0.3 is 6.18 Å². The first kappa shape index (κ1) is 33.1. The number of pyridine rings is 1. The third kappa shape index (κ3) is 8.50. The highest BCUT2D eigenvalue weighted by atomic mass is 32.2. The molecule has 242 valence electrons. The number of hydrogen-bond acceptors (Lipinski definition) is 9. The molecular formula is C32H39F3N6O2S2. The Balaban J connectivity index is 1.47. The van der Waals surface area contributed by atoms with Crippen LogP contribution in [0, 0.1) is 5.41 Å². The van der Waals surface area contributed by atoms with E-state index in [1.165, 1.54) is 28.8 Å². The molecule has 0 amide bonds. The predicted molar refractivity (Wildman–Crippen MR) is 174 cm³/mol. The van der Waals surface area contributed by atoms with Crippen molar-refractivity contribution in [2.45, 2.75) is 76.6 Å². The smallest absolute Gasteiger partial charge is 0.397 e. The Kier molecular flexibility index (Phi) is 10.00. The summed E-state index contributed by atoms with van der Waals surface area (Å²) in [5.41, 5.74) is -0.00708. The lowest BCUT2D eigenvalue weighted by Crippen LogP contribution is -2.39. The van der Waals surface area contributed by atoms with Gasteiger partial charge in [-0.25, -0.2) is 14.6 Å². The summed E-state index contributed by atoms with van der Waals surface area (Å²) >= 11 is 2.72. The molecule has 3 aromatic heterocycles. The van der Waals surface area contributed by atoms with Gasteiger partial charge in [0, 0.05) is 42.9 Å². The predicted octanol–water partition coefficient (Wildman–Crippen LogP) is 8.17. The van der Waals surface area contributed by atoms with E-state index in [1.54, 1.807) is 16.9 Å². The molecule has 0 atom stereocenters. The highest BCUT2D eigenvalue weighted by Gasteiger charge is 2.48. The number of aromatic nitrogens is 4. The second-order valence-corrected chi connectivity index (χ2v) is 14.3. The molecule has 8 nitrogen and oxygen atoms in total. The lowest BCUT2D eigenvalue weighted by molar-refractivity contribution is -0.219. The molecule has 0 saturated carbocycles. The fourth-order valence-electron chi connectivity index (χ4n) is 4.94. The van der Waals surface area contributed by atoms with Crippen molar-refractivity contribution in [3.05, 3.63) is 60.3 Å². The van der Waals surface area contributed by atoms with Crippen molar-refractivity contribution >= 4 is 34.2 Å². The molecule has 4 bridgehead atoms. The average molecular weight is 661 g/mol. The molecule has 0 saturated heterocycles. The molecule has 5 rings (SSSR count). The van der Waals surface area contributed by atoms with Crippen molar-refractivity contribution in [3.8, 4) is 22.1 Å². The number of aliphatic hydroxyl groups is 1. The highest BCUT2D eigenvalue weighted by molar-refractivity contribution is 8.00. The zero-order valence-electron chi connectivity index (χ0n) is 25.9. The number of nitrogens with zero attached hydrogens (tertiary/aromatic N) is 5. The third-order valence-electron chi connectivity index (χ3n) is 7.48. The standard InChI is InChI=1S/C32H39F3N6O2S2/c1-30(2,32(33,34)35)21-43-25-17-19-41(38-25)28-27-23-14-9-8-13-22(23)12-7-5-6-10-18-40(20-31(3,4)42)24-15-11-16-26(36-24)45-39-29(37-27)44-28/h8-9,11,13-17,19,42H,5-7,10,12,18,20-21H2,1-4H3,(H,37,39). The molecule has 1 aliphatic heterocycles. The number of hydrogen-bond donors (Lipinski definition) is 2. The van der Waals surface area contributed by atoms with Gasteiger partial charge in [0.1, 0.15) is 28.1 Å². The normalized spacial score (nSPS) is 15.2. The molecule has 0 aliphatic carbocycles. The van der Waals surface area contributed by atoms with Crippen LogP contribution in [0.3, 0.4) is 0 Å². The topological polar surface area (TPSA) is 88.3 Å². The first-order valence-electron chi connectivity index (χ1n) is 15.0. The van der Waals surface area contributed by atoms with Gasteiger partial charge in [-0.05, 0) is 64.7 Å². The summed E-state index contributed by atoms with van der Waals surface area (Å²) in [5.74, 6) is 0.911. The largest absolute Gasteiger partial charge is 0.476 e. The maximum atomic E-state index is 13.4. The lowest BCUT2D eigenvalue weighted by Gasteiger charge is -2.30. The van der Waals surface area contributed by atoms with E-state index < -0.39 is 23.8 Å². The summed E-state index contributed by atoms with van der Waals surface area (Å²) in [7, 11) is 0. The van der Waals surface area contributed by atoms with Crippen LogP contribution < -0.4 is 14.4 Å². The summed E-state index contributed by atoms with van der Waals surface area (Å²) < 4.78 is 50.6. The molecule has 2 N–H and O–H groups in total. The number of benzene rings is 1. The first-order valence-corrected chi connectivity index (χ1v) is 16.6.